The molecule has 0 aromatic heterocycles. The average molecular weight is 491 g/mol. The zero-order chi connectivity index (χ0) is 25.9. The minimum atomic E-state index is -1.50. The second-order valence-corrected chi connectivity index (χ2v) is 9.29. The minimum absolute atomic E-state index is 0.456. The van der Waals surface area contributed by atoms with Gasteiger partial charge in [-0.15, -0.1) is 0 Å². The Labute approximate surface area is 223 Å². The van der Waals surface area contributed by atoms with E-state index in [-0.39, 0.29) is 0 Å². The highest BCUT2D eigenvalue weighted by atomic mass is 16.4. The van der Waals surface area contributed by atoms with Crippen molar-refractivity contribution < 1.29 is 10.0 Å². The largest absolute Gasteiger partial charge is 0.488 e. The monoisotopic (exact) mass is 491 g/mol. The van der Waals surface area contributed by atoms with Crippen molar-refractivity contribution in [3.05, 3.63) is 146 Å². The van der Waals surface area contributed by atoms with Gasteiger partial charge in [0.15, 0.2) is 0 Å². The first-order valence-corrected chi connectivity index (χ1v) is 12.7. The van der Waals surface area contributed by atoms with Crippen molar-refractivity contribution in [2.45, 2.75) is 0 Å². The molecular formula is C34H26BNO2. The molecule has 6 rings (SSSR count). The summed E-state index contributed by atoms with van der Waals surface area (Å²) in [5.41, 5.74) is 8.05. The molecule has 0 amide bonds. The molecule has 0 atom stereocenters. The summed E-state index contributed by atoms with van der Waals surface area (Å²) in [5, 5.41) is 21.7. The molecule has 0 saturated heterocycles. The first-order chi connectivity index (χ1) is 18.7. The number of hydrogen-bond donors (Lipinski definition) is 2. The molecule has 0 aliphatic heterocycles. The highest BCUT2D eigenvalue weighted by Gasteiger charge is 2.16. The van der Waals surface area contributed by atoms with E-state index in [1.807, 2.05) is 30.3 Å². The summed E-state index contributed by atoms with van der Waals surface area (Å²) in [6.07, 6.45) is 0. The highest BCUT2D eigenvalue weighted by molar-refractivity contribution is 6.58. The molecule has 2 N–H and O–H groups in total. The van der Waals surface area contributed by atoms with Gasteiger partial charge in [0.05, 0.1) is 0 Å². The lowest BCUT2D eigenvalue weighted by molar-refractivity contribution is 0.426. The lowest BCUT2D eigenvalue weighted by Crippen LogP contribution is -2.29. The van der Waals surface area contributed by atoms with Crippen molar-refractivity contribution >= 4 is 40.4 Å². The molecule has 182 valence electrons. The van der Waals surface area contributed by atoms with Crippen LogP contribution in [0.1, 0.15) is 0 Å². The number of nitrogens with zero attached hydrogens (tertiary/aromatic N) is 1. The number of anilines is 3. The Hall–Kier alpha value is -4.64. The van der Waals surface area contributed by atoms with Gasteiger partial charge in [0, 0.05) is 17.1 Å². The maximum atomic E-state index is 9.62. The van der Waals surface area contributed by atoms with E-state index < -0.39 is 7.12 Å². The predicted octanol–water partition coefficient (Wildman–Crippen LogP) is 7.32. The van der Waals surface area contributed by atoms with E-state index in [1.54, 1.807) is 12.1 Å². The van der Waals surface area contributed by atoms with Gasteiger partial charge in [-0.2, -0.15) is 0 Å². The Morgan fingerprint density at radius 3 is 1.76 bits per heavy atom. The van der Waals surface area contributed by atoms with Crippen molar-refractivity contribution in [1.29, 1.82) is 0 Å². The van der Waals surface area contributed by atoms with Crippen LogP contribution in [0.4, 0.5) is 17.1 Å². The molecule has 0 fully saturated rings. The highest BCUT2D eigenvalue weighted by Crippen LogP contribution is 2.38. The zero-order valence-corrected chi connectivity index (χ0v) is 20.8. The molecule has 0 aliphatic rings. The van der Waals surface area contributed by atoms with Crippen molar-refractivity contribution in [3.63, 3.8) is 0 Å². The van der Waals surface area contributed by atoms with Gasteiger partial charge >= 0.3 is 7.12 Å². The molecular weight excluding hydrogens is 465 g/mol. The number of fused-ring (bicyclic) bond motifs is 1. The molecule has 3 nitrogen and oxygen atoms in total. The molecule has 0 spiro atoms. The zero-order valence-electron chi connectivity index (χ0n) is 20.8. The summed E-state index contributed by atoms with van der Waals surface area (Å²) in [7, 11) is -1.50. The second kappa shape index (κ2) is 10.4. The van der Waals surface area contributed by atoms with E-state index in [1.165, 1.54) is 21.9 Å². The van der Waals surface area contributed by atoms with Crippen LogP contribution in [-0.2, 0) is 0 Å². The van der Waals surface area contributed by atoms with E-state index in [0.29, 0.717) is 5.46 Å². The molecule has 0 saturated carbocycles. The van der Waals surface area contributed by atoms with E-state index in [4.69, 9.17) is 0 Å². The molecule has 4 heteroatoms. The summed E-state index contributed by atoms with van der Waals surface area (Å²) >= 11 is 0. The second-order valence-electron chi connectivity index (χ2n) is 9.29. The van der Waals surface area contributed by atoms with Crippen LogP contribution in [-0.4, -0.2) is 17.2 Å². The molecule has 38 heavy (non-hydrogen) atoms. The molecule has 0 aliphatic carbocycles. The molecule has 0 heterocycles. The Morgan fingerprint density at radius 2 is 1.03 bits per heavy atom. The van der Waals surface area contributed by atoms with Crippen LogP contribution in [0.5, 0.6) is 0 Å². The number of rotatable bonds is 6. The third-order valence-corrected chi connectivity index (χ3v) is 6.89. The Bertz CT molecular complexity index is 1680. The van der Waals surface area contributed by atoms with E-state index in [9.17, 15) is 10.0 Å². The first kappa shape index (κ1) is 23.7. The summed E-state index contributed by atoms with van der Waals surface area (Å²) in [6.45, 7) is 0. The van der Waals surface area contributed by atoms with Crippen molar-refractivity contribution in [3.8, 4) is 22.3 Å². The van der Waals surface area contributed by atoms with Crippen LogP contribution in [0.25, 0.3) is 33.0 Å². The van der Waals surface area contributed by atoms with Gasteiger partial charge in [-0.1, -0.05) is 109 Å². The van der Waals surface area contributed by atoms with Gasteiger partial charge < -0.3 is 14.9 Å². The lowest BCUT2D eigenvalue weighted by atomic mass is 9.80. The maximum Gasteiger partial charge on any atom is 0.488 e. The average Bonchev–Trinajstić information content (AvgIpc) is 2.98. The fourth-order valence-electron chi connectivity index (χ4n) is 4.97. The topological polar surface area (TPSA) is 43.7 Å². The Balaban J connectivity index is 1.46. The van der Waals surface area contributed by atoms with E-state index >= 15 is 0 Å². The smallest absolute Gasteiger partial charge is 0.423 e. The Kier molecular flexibility index (Phi) is 6.49. The molecule has 0 radical (unpaired) electrons. The fraction of sp³-hybridized carbons (Fsp3) is 0. The minimum Gasteiger partial charge on any atom is -0.423 e. The van der Waals surface area contributed by atoms with Crippen molar-refractivity contribution in [2.75, 3.05) is 4.90 Å². The van der Waals surface area contributed by atoms with Crippen LogP contribution >= 0.6 is 0 Å². The first-order valence-electron chi connectivity index (χ1n) is 12.7. The van der Waals surface area contributed by atoms with Crippen LogP contribution in [0.15, 0.2) is 146 Å². The van der Waals surface area contributed by atoms with Gasteiger partial charge in [-0.3, -0.25) is 0 Å². The van der Waals surface area contributed by atoms with Crippen molar-refractivity contribution in [1.82, 2.24) is 0 Å². The van der Waals surface area contributed by atoms with Crippen LogP contribution in [0, 0.1) is 0 Å². The van der Waals surface area contributed by atoms with Crippen LogP contribution in [0.3, 0.4) is 0 Å². The Morgan fingerprint density at radius 1 is 0.447 bits per heavy atom. The summed E-state index contributed by atoms with van der Waals surface area (Å²) < 4.78 is 0. The fourth-order valence-corrected chi connectivity index (χ4v) is 4.97. The third-order valence-electron chi connectivity index (χ3n) is 6.89. The van der Waals surface area contributed by atoms with Crippen LogP contribution < -0.4 is 10.4 Å². The standard InChI is InChI=1S/C34H26BNO2/c37-35(38)29-18-22-31(23-19-29)36(30-20-16-26(17-21-30)25-8-2-1-3-9-25)32-13-6-12-28(24-32)34-15-7-11-27-10-4-5-14-33(27)34/h1-24,37-38H. The predicted molar refractivity (Wildman–Crippen MR) is 159 cm³/mol. The van der Waals surface area contributed by atoms with Gasteiger partial charge in [0.1, 0.15) is 0 Å². The van der Waals surface area contributed by atoms with E-state index in [0.717, 1.165) is 28.2 Å². The number of benzene rings is 6. The SMILES string of the molecule is OB(O)c1ccc(N(c2ccc(-c3ccccc3)cc2)c2cccc(-c3cccc4ccccc34)c2)cc1. The molecule has 0 bridgehead atoms. The summed E-state index contributed by atoms with van der Waals surface area (Å²) in [6, 6.07) is 49.6. The van der Waals surface area contributed by atoms with Crippen LogP contribution in [0.2, 0.25) is 0 Å². The summed E-state index contributed by atoms with van der Waals surface area (Å²) in [4.78, 5) is 2.19. The molecule has 0 unspecified atom stereocenters. The number of hydrogen-bond acceptors (Lipinski definition) is 3. The molecule has 6 aromatic carbocycles. The van der Waals surface area contributed by atoms with Gasteiger partial charge in [-0.25, -0.2) is 0 Å². The van der Waals surface area contributed by atoms with E-state index in [2.05, 4.69) is 108 Å². The normalized spacial score (nSPS) is 10.9. The van der Waals surface area contributed by atoms with Crippen molar-refractivity contribution in [2.24, 2.45) is 0 Å². The summed E-state index contributed by atoms with van der Waals surface area (Å²) in [5.74, 6) is 0. The third kappa shape index (κ3) is 4.71. The maximum absolute atomic E-state index is 9.62. The molecule has 6 aromatic rings. The lowest BCUT2D eigenvalue weighted by Gasteiger charge is -2.26. The van der Waals surface area contributed by atoms with Gasteiger partial charge in [0.2, 0.25) is 0 Å². The quantitative estimate of drug-likeness (QED) is 0.240. The van der Waals surface area contributed by atoms with Gasteiger partial charge in [-0.05, 0) is 74.9 Å². The van der Waals surface area contributed by atoms with Gasteiger partial charge in [0.25, 0.3) is 0 Å².